The Balaban J connectivity index is 1.81. The molecule has 0 aromatic heterocycles. The smallest absolute Gasteiger partial charge is 0.302 e. The van der Waals surface area contributed by atoms with E-state index in [2.05, 4.69) is 20.8 Å². The quantitative estimate of drug-likeness (QED) is 0.447. The van der Waals surface area contributed by atoms with Gasteiger partial charge in [0.05, 0.1) is 11.0 Å². The number of rotatable bonds is 5. The average Bonchev–Trinajstić information content (AvgIpc) is 3.16. The number of ether oxygens (including phenoxy) is 2. The second kappa shape index (κ2) is 8.33. The van der Waals surface area contributed by atoms with Crippen molar-refractivity contribution in [1.29, 1.82) is 0 Å². The summed E-state index contributed by atoms with van der Waals surface area (Å²) in [5.41, 5.74) is -0.240. The van der Waals surface area contributed by atoms with Gasteiger partial charge in [0.1, 0.15) is 12.2 Å². The minimum Gasteiger partial charge on any atom is -0.462 e. The molecule has 1 aromatic rings. The van der Waals surface area contributed by atoms with Crippen molar-refractivity contribution in [3.8, 4) is 0 Å². The Bertz CT molecular complexity index is 1080. The molecule has 3 fully saturated rings. The Morgan fingerprint density at radius 3 is 2.03 bits per heavy atom. The van der Waals surface area contributed by atoms with Gasteiger partial charge >= 0.3 is 11.9 Å². The molecular formula is C26H36O7S. The largest absolute Gasteiger partial charge is 0.462 e. The maximum Gasteiger partial charge on any atom is 0.302 e. The van der Waals surface area contributed by atoms with E-state index in [-0.39, 0.29) is 34.5 Å². The van der Waals surface area contributed by atoms with Gasteiger partial charge in [0.2, 0.25) is 0 Å². The predicted octanol–water partition coefficient (Wildman–Crippen LogP) is 4.27. The molecule has 4 rings (SSSR count). The third kappa shape index (κ3) is 3.87. The molecule has 3 saturated carbocycles. The molecule has 0 aliphatic heterocycles. The summed E-state index contributed by atoms with van der Waals surface area (Å²) < 4.78 is 44.5. The van der Waals surface area contributed by atoms with Gasteiger partial charge in [-0.05, 0) is 49.1 Å². The van der Waals surface area contributed by atoms with Gasteiger partial charge < -0.3 is 9.47 Å². The molecule has 0 heterocycles. The first kappa shape index (κ1) is 25.2. The van der Waals surface area contributed by atoms with Gasteiger partial charge in [-0.1, -0.05) is 45.4 Å². The average molecular weight is 493 g/mol. The van der Waals surface area contributed by atoms with Crippen molar-refractivity contribution < 1.29 is 31.7 Å². The number of benzene rings is 1. The molecule has 188 valence electrons. The van der Waals surface area contributed by atoms with E-state index in [0.29, 0.717) is 6.42 Å². The molecule has 0 N–H and O–H groups in total. The number of hydrogen-bond donors (Lipinski definition) is 0. The van der Waals surface area contributed by atoms with Crippen LogP contribution in [0.4, 0.5) is 0 Å². The summed E-state index contributed by atoms with van der Waals surface area (Å²) in [7, 11) is -4.04. The molecule has 0 spiro atoms. The molecular weight excluding hydrogens is 456 g/mol. The van der Waals surface area contributed by atoms with Gasteiger partial charge in [-0.2, -0.15) is 8.42 Å². The highest BCUT2D eigenvalue weighted by Gasteiger charge is 2.74. The second-order valence-electron chi connectivity index (χ2n) is 11.3. The van der Waals surface area contributed by atoms with E-state index in [1.807, 2.05) is 13.8 Å². The number of esters is 2. The van der Waals surface area contributed by atoms with E-state index in [1.54, 1.807) is 24.3 Å². The van der Waals surface area contributed by atoms with Crippen molar-refractivity contribution in [3.05, 3.63) is 29.8 Å². The third-order valence-electron chi connectivity index (χ3n) is 8.79. The summed E-state index contributed by atoms with van der Waals surface area (Å²) in [5.74, 6) is -0.504. The summed E-state index contributed by atoms with van der Waals surface area (Å²) in [6.45, 7) is 13.0. The summed E-state index contributed by atoms with van der Waals surface area (Å²) in [5, 5.41) is 0. The standard InChI is InChI=1S/C26H36O7S/c1-14-8-10-18(11-9-14)34(29,30)33-24-19-12-15(2)22-23(19)25(5,6)20(31-16(3)27)13-21(26(22,24)7)32-17(4)28/h8-11,15,19-24H,12-13H2,1-7H3/t15-,19?,20+,21+,22?,23?,24?,26?/m0/s1. The fourth-order valence-electron chi connectivity index (χ4n) is 7.53. The SMILES string of the molecule is CC(=O)O[C@@H]1C[C@@H](OC(C)=O)C2(C)C(OS(=O)(=O)c3ccc(C)cc3)C3C[C@H](C)C2C3C1(C)C. The monoisotopic (exact) mass is 492 g/mol. The maximum atomic E-state index is 13.4. The van der Waals surface area contributed by atoms with E-state index in [4.69, 9.17) is 13.7 Å². The summed E-state index contributed by atoms with van der Waals surface area (Å²) in [4.78, 5) is 24.3. The Labute approximate surface area is 202 Å². The van der Waals surface area contributed by atoms with Crippen LogP contribution in [0.3, 0.4) is 0 Å². The Morgan fingerprint density at radius 1 is 0.912 bits per heavy atom. The van der Waals surface area contributed by atoms with Crippen LogP contribution in [-0.4, -0.2) is 38.7 Å². The first-order valence-electron chi connectivity index (χ1n) is 12.0. The van der Waals surface area contributed by atoms with Crippen LogP contribution in [0.15, 0.2) is 29.2 Å². The summed E-state index contributed by atoms with van der Waals surface area (Å²) in [6.07, 6.45) is -0.630. The van der Waals surface area contributed by atoms with Crippen LogP contribution >= 0.6 is 0 Å². The highest BCUT2D eigenvalue weighted by molar-refractivity contribution is 7.86. The van der Waals surface area contributed by atoms with Gasteiger partial charge in [-0.3, -0.25) is 13.8 Å². The maximum absolute atomic E-state index is 13.4. The van der Waals surface area contributed by atoms with Crippen LogP contribution < -0.4 is 0 Å². The molecule has 5 unspecified atom stereocenters. The van der Waals surface area contributed by atoms with Crippen LogP contribution in [0.1, 0.15) is 59.9 Å². The Morgan fingerprint density at radius 2 is 1.47 bits per heavy atom. The predicted molar refractivity (Wildman–Crippen MR) is 125 cm³/mol. The number of hydrogen-bond acceptors (Lipinski definition) is 7. The molecule has 8 atom stereocenters. The molecule has 4 bridgehead atoms. The molecule has 3 aliphatic carbocycles. The molecule has 0 saturated heterocycles. The van der Waals surface area contributed by atoms with Crippen LogP contribution in [-0.2, 0) is 33.4 Å². The molecule has 34 heavy (non-hydrogen) atoms. The lowest BCUT2D eigenvalue weighted by Gasteiger charge is -2.47. The lowest BCUT2D eigenvalue weighted by Crippen LogP contribution is -2.53. The van der Waals surface area contributed by atoms with Gasteiger partial charge in [-0.15, -0.1) is 0 Å². The topological polar surface area (TPSA) is 96.0 Å². The number of carbonyl (C=O) groups excluding carboxylic acids is 2. The zero-order valence-electron chi connectivity index (χ0n) is 21.0. The number of aryl methyl sites for hydroxylation is 1. The van der Waals surface area contributed by atoms with E-state index in [9.17, 15) is 18.0 Å². The van der Waals surface area contributed by atoms with Crippen molar-refractivity contribution in [2.24, 2.45) is 34.5 Å². The summed E-state index contributed by atoms with van der Waals surface area (Å²) in [6, 6.07) is 6.62. The van der Waals surface area contributed by atoms with Crippen molar-refractivity contribution in [3.63, 3.8) is 0 Å². The minimum absolute atomic E-state index is 0.0515. The minimum atomic E-state index is -4.04. The van der Waals surface area contributed by atoms with Crippen LogP contribution in [0.25, 0.3) is 0 Å². The van der Waals surface area contributed by atoms with Crippen LogP contribution in [0.5, 0.6) is 0 Å². The Kier molecular flexibility index (Phi) is 6.17. The third-order valence-corrected chi connectivity index (χ3v) is 10.1. The fourth-order valence-corrected chi connectivity index (χ4v) is 8.74. The zero-order chi connectivity index (χ0) is 25.2. The van der Waals surface area contributed by atoms with E-state index >= 15 is 0 Å². The second-order valence-corrected chi connectivity index (χ2v) is 12.9. The first-order valence-corrected chi connectivity index (χ1v) is 13.4. The van der Waals surface area contributed by atoms with Crippen LogP contribution in [0.2, 0.25) is 0 Å². The zero-order valence-corrected chi connectivity index (χ0v) is 21.8. The van der Waals surface area contributed by atoms with Gasteiger partial charge in [0, 0.05) is 31.1 Å². The molecule has 7 nitrogen and oxygen atoms in total. The fraction of sp³-hybridized carbons (Fsp3) is 0.692. The molecule has 0 amide bonds. The van der Waals surface area contributed by atoms with E-state index in [0.717, 1.165) is 12.0 Å². The lowest BCUT2D eigenvalue weighted by molar-refractivity contribution is -0.174. The lowest BCUT2D eigenvalue weighted by atomic mass is 9.64. The van der Waals surface area contributed by atoms with Gasteiger partial charge in [-0.25, -0.2) is 0 Å². The van der Waals surface area contributed by atoms with Crippen LogP contribution in [0, 0.1) is 41.4 Å². The highest BCUT2D eigenvalue weighted by atomic mass is 32.2. The van der Waals surface area contributed by atoms with Crippen molar-refractivity contribution >= 4 is 22.1 Å². The molecule has 8 heteroatoms. The summed E-state index contributed by atoms with van der Waals surface area (Å²) >= 11 is 0. The Hall–Kier alpha value is -1.93. The van der Waals surface area contributed by atoms with Gasteiger partial charge in [0.15, 0.2) is 0 Å². The van der Waals surface area contributed by atoms with Crippen molar-refractivity contribution in [2.45, 2.75) is 84.5 Å². The highest BCUT2D eigenvalue weighted by Crippen LogP contribution is 2.71. The molecule has 0 radical (unpaired) electrons. The van der Waals surface area contributed by atoms with E-state index < -0.39 is 45.2 Å². The van der Waals surface area contributed by atoms with Crippen molar-refractivity contribution in [2.75, 3.05) is 0 Å². The molecule has 1 aromatic carbocycles. The van der Waals surface area contributed by atoms with Crippen molar-refractivity contribution in [1.82, 2.24) is 0 Å². The normalized spacial score (nSPS) is 38.3. The molecule has 3 aliphatic rings. The van der Waals surface area contributed by atoms with E-state index in [1.165, 1.54) is 13.8 Å². The number of carbonyl (C=O) groups is 2. The first-order chi connectivity index (χ1) is 15.7. The van der Waals surface area contributed by atoms with Gasteiger partial charge in [0.25, 0.3) is 10.1 Å².